The number of nitrogens with zero attached hydrogens (tertiary/aromatic N) is 4. The van der Waals surface area contributed by atoms with E-state index in [1.807, 2.05) is 55.0 Å². The summed E-state index contributed by atoms with van der Waals surface area (Å²) in [5, 5.41) is 15.3. The fourth-order valence-corrected chi connectivity index (χ4v) is 13.0. The van der Waals surface area contributed by atoms with Crippen LogP contribution < -0.4 is 19.7 Å². The van der Waals surface area contributed by atoms with Crippen molar-refractivity contribution >= 4 is 65.9 Å². The second-order valence-electron chi connectivity index (χ2n) is 19.7. The first-order valence-electron chi connectivity index (χ1n) is 23.5. The van der Waals surface area contributed by atoms with E-state index in [1.54, 1.807) is 22.9 Å². The Balaban J connectivity index is 1.00. The monoisotopic (exact) mass is 1070 g/mol. The van der Waals surface area contributed by atoms with E-state index in [0.717, 1.165) is 46.5 Å². The summed E-state index contributed by atoms with van der Waals surface area (Å²) in [6, 6.07) is 22.4. The number of carbonyl (C=O) groups is 2. The van der Waals surface area contributed by atoms with Crippen LogP contribution >= 0.6 is 22.9 Å². The quantitative estimate of drug-likeness (QED) is 0.109. The van der Waals surface area contributed by atoms with Crippen molar-refractivity contribution in [3.8, 4) is 16.2 Å². The number of β-amino-alcohol motifs (C(OH)–C–C–N with tert-alkyl or cyclic N) is 1. The fourth-order valence-electron chi connectivity index (χ4n) is 10.3. The van der Waals surface area contributed by atoms with Gasteiger partial charge in [-0.3, -0.25) is 19.4 Å². The SMILES string of the molecule is Cc1ncsc1-c1ccc([C@H](C)C(=O)N[C@@H]2C[C@@H](O)CN2C2CN(CC3=C(c4ccc(Cl)cc4)CCC(C)(C)C3)CC3COc4cc(C(=O)NS(=O)(=O)c5ccc(S(=O)(=O)C(F)(F)F)cc5)ccc4N32)cc1. The summed E-state index contributed by atoms with van der Waals surface area (Å²) < 4.78 is 97.9. The molecule has 3 aliphatic heterocycles. The minimum absolute atomic E-state index is 0.0681. The highest BCUT2D eigenvalue weighted by molar-refractivity contribution is 7.92. The first-order chi connectivity index (χ1) is 34.0. The molecule has 0 bridgehead atoms. The minimum atomic E-state index is -5.74. The minimum Gasteiger partial charge on any atom is -0.489 e. The van der Waals surface area contributed by atoms with E-state index in [1.165, 1.54) is 23.3 Å². The Hall–Kier alpha value is -5.35. The number of aliphatic hydroxyl groups excluding tert-OH is 1. The Kier molecular flexibility index (Phi) is 14.2. The number of fused-ring (bicyclic) bond motifs is 3. The van der Waals surface area contributed by atoms with Gasteiger partial charge in [-0.25, -0.2) is 26.5 Å². The average molecular weight is 1070 g/mol. The number of sulfone groups is 1. The van der Waals surface area contributed by atoms with Gasteiger partial charge in [0.25, 0.3) is 25.8 Å². The number of hydrogen-bond donors (Lipinski definition) is 3. The molecule has 5 atom stereocenters. The van der Waals surface area contributed by atoms with E-state index < -0.39 is 65.4 Å². The number of anilines is 1. The van der Waals surface area contributed by atoms with Crippen LogP contribution in [0, 0.1) is 12.3 Å². The van der Waals surface area contributed by atoms with Crippen LogP contribution in [-0.4, -0.2) is 111 Å². The zero-order chi connectivity index (χ0) is 51.5. The second-order valence-corrected chi connectivity index (χ2v) is 24.7. The number of aryl methyl sites for hydroxylation is 1. The van der Waals surface area contributed by atoms with Gasteiger partial charge in [0, 0.05) is 43.2 Å². The molecule has 2 amide bonds. The molecule has 21 heteroatoms. The number of piperazine rings is 1. The number of carbonyl (C=O) groups excluding carboxylic acids is 2. The molecule has 5 aromatic rings. The van der Waals surface area contributed by atoms with Crippen LogP contribution in [0.1, 0.15) is 79.6 Å². The Bertz CT molecular complexity index is 3130. The molecule has 2 fully saturated rings. The van der Waals surface area contributed by atoms with Crippen LogP contribution in [0.5, 0.6) is 5.75 Å². The molecule has 4 heterocycles. The van der Waals surface area contributed by atoms with Crippen LogP contribution in [-0.2, 0) is 24.7 Å². The maximum absolute atomic E-state index is 14.2. The van der Waals surface area contributed by atoms with Gasteiger partial charge < -0.3 is 20.1 Å². The molecule has 0 saturated carbocycles. The van der Waals surface area contributed by atoms with Crippen LogP contribution in [0.4, 0.5) is 18.9 Å². The molecule has 2 unspecified atom stereocenters. The summed E-state index contributed by atoms with van der Waals surface area (Å²) >= 11 is 7.87. The summed E-state index contributed by atoms with van der Waals surface area (Å²) in [5.41, 5.74) is 3.30. The first-order valence-corrected chi connectivity index (χ1v) is 27.7. The maximum Gasteiger partial charge on any atom is 0.501 e. The number of alkyl halides is 3. The number of hydrogen-bond acceptors (Lipinski definition) is 13. The predicted molar refractivity (Wildman–Crippen MR) is 269 cm³/mol. The van der Waals surface area contributed by atoms with Crippen LogP contribution in [0.3, 0.4) is 0 Å². The molecule has 9 rings (SSSR count). The highest BCUT2D eigenvalue weighted by Crippen LogP contribution is 2.45. The second kappa shape index (κ2) is 19.8. The Labute approximate surface area is 425 Å². The molecule has 1 aliphatic carbocycles. The molecule has 0 spiro atoms. The molecular formula is C51H54ClF3N6O8S3. The number of ether oxygens (including phenoxy) is 1. The molecule has 14 nitrogen and oxygen atoms in total. The van der Waals surface area contributed by atoms with E-state index in [0.29, 0.717) is 54.6 Å². The lowest BCUT2D eigenvalue weighted by molar-refractivity contribution is -0.124. The highest BCUT2D eigenvalue weighted by Gasteiger charge is 2.48. The van der Waals surface area contributed by atoms with Crippen LogP contribution in [0.2, 0.25) is 5.02 Å². The van der Waals surface area contributed by atoms with Crippen molar-refractivity contribution in [2.45, 2.75) is 99.1 Å². The number of aliphatic hydroxyl groups is 1. The largest absolute Gasteiger partial charge is 0.501 e. The van der Waals surface area contributed by atoms with Crippen LogP contribution in [0.25, 0.3) is 16.0 Å². The number of sulfonamides is 1. The third-order valence-electron chi connectivity index (χ3n) is 14.1. The summed E-state index contributed by atoms with van der Waals surface area (Å²) in [7, 11) is -10.4. The normalized spacial score (nSPS) is 22.2. The fraction of sp³-hybridized carbons (Fsp3) is 0.392. The zero-order valence-electron chi connectivity index (χ0n) is 39.8. The third-order valence-corrected chi connectivity index (χ3v) is 18.2. The molecule has 4 aliphatic rings. The number of likely N-dealkylation sites (tertiary alicyclic amines) is 1. The smallest absolute Gasteiger partial charge is 0.489 e. The topological polar surface area (TPSA) is 179 Å². The molecule has 382 valence electrons. The van der Waals surface area contributed by atoms with Gasteiger partial charge in [-0.05, 0) is 115 Å². The van der Waals surface area contributed by atoms with E-state index in [9.17, 15) is 44.7 Å². The number of amides is 2. The molecule has 72 heavy (non-hydrogen) atoms. The Morgan fingerprint density at radius 2 is 1.62 bits per heavy atom. The van der Waals surface area contributed by atoms with E-state index in [-0.39, 0.29) is 48.2 Å². The van der Waals surface area contributed by atoms with E-state index in [2.05, 4.69) is 51.0 Å². The van der Waals surface area contributed by atoms with Gasteiger partial charge in [-0.15, -0.1) is 11.3 Å². The van der Waals surface area contributed by atoms with Crippen molar-refractivity contribution in [2.24, 2.45) is 5.41 Å². The number of thiazole rings is 1. The Morgan fingerprint density at radius 3 is 2.29 bits per heavy atom. The van der Waals surface area contributed by atoms with Gasteiger partial charge >= 0.3 is 5.51 Å². The molecule has 0 radical (unpaired) electrons. The molecular weight excluding hydrogens is 1010 g/mol. The van der Waals surface area contributed by atoms with Gasteiger partial charge in [0.2, 0.25) is 5.91 Å². The number of rotatable bonds is 12. The van der Waals surface area contributed by atoms with Crippen molar-refractivity contribution < 1.29 is 49.4 Å². The number of aromatic nitrogens is 1. The number of halogens is 4. The Morgan fingerprint density at radius 1 is 0.944 bits per heavy atom. The summed E-state index contributed by atoms with van der Waals surface area (Å²) in [6.07, 6.45) is 1.31. The van der Waals surface area contributed by atoms with Gasteiger partial charge in [0.05, 0.1) is 62.0 Å². The third kappa shape index (κ3) is 10.5. The molecule has 1 aromatic heterocycles. The predicted octanol–water partition coefficient (Wildman–Crippen LogP) is 8.37. The van der Waals surface area contributed by atoms with Crippen molar-refractivity contribution in [2.75, 3.05) is 37.7 Å². The highest BCUT2D eigenvalue weighted by atomic mass is 35.5. The van der Waals surface area contributed by atoms with Gasteiger partial charge in [-0.2, -0.15) is 13.2 Å². The molecule has 3 N–H and O–H groups in total. The van der Waals surface area contributed by atoms with Gasteiger partial charge in [-0.1, -0.05) is 67.4 Å². The van der Waals surface area contributed by atoms with Gasteiger partial charge in [0.1, 0.15) is 12.4 Å². The first kappa shape index (κ1) is 51.5. The standard InChI is InChI=1S/C51H54ClF3N6O8S3/c1-30(32-5-7-34(8-6-32)47-31(2)56-29-70-47)48(63)57-45-22-39(62)26-60(45)46-27-59(24-36-23-50(3,4)20-19-42(36)33-9-12-37(52)13-10-33)25-38-28-69-44-21-35(11-18-43(44)61(38)46)49(64)58-72(67,68)41-16-14-40(15-17-41)71(65,66)51(53,54)55/h5-18,21,29-30,38-39,45-46,62H,19-20,22-28H2,1-4H3,(H,57,63)(H,58,64)/t30-,38?,39+,45-,46?/m0/s1. The van der Waals surface area contributed by atoms with Crippen molar-refractivity contribution in [1.29, 1.82) is 0 Å². The number of nitrogens with one attached hydrogen (secondary N) is 2. The van der Waals surface area contributed by atoms with Crippen molar-refractivity contribution in [3.05, 3.63) is 129 Å². The summed E-state index contributed by atoms with van der Waals surface area (Å²) in [6.45, 7) is 10.5. The lowest BCUT2D eigenvalue weighted by Crippen LogP contribution is -2.69. The maximum atomic E-state index is 14.2. The summed E-state index contributed by atoms with van der Waals surface area (Å²) in [5.74, 6) is -1.51. The lowest BCUT2D eigenvalue weighted by Gasteiger charge is -2.54. The van der Waals surface area contributed by atoms with E-state index >= 15 is 0 Å². The van der Waals surface area contributed by atoms with Crippen molar-refractivity contribution in [3.63, 3.8) is 0 Å². The van der Waals surface area contributed by atoms with Crippen LogP contribution in [0.15, 0.2) is 112 Å². The van der Waals surface area contributed by atoms with Gasteiger partial charge in [0.15, 0.2) is 0 Å². The van der Waals surface area contributed by atoms with Crippen molar-refractivity contribution in [1.82, 2.24) is 24.8 Å². The average Bonchev–Trinajstić information content (AvgIpc) is 3.94. The number of allylic oxidation sites excluding steroid dienone is 1. The summed E-state index contributed by atoms with van der Waals surface area (Å²) in [4.78, 5) is 38.2. The lowest BCUT2D eigenvalue weighted by atomic mass is 9.72. The molecule has 2 saturated heterocycles. The zero-order valence-corrected chi connectivity index (χ0v) is 43.0. The molecule has 4 aromatic carbocycles. The number of benzene rings is 4. The van der Waals surface area contributed by atoms with E-state index in [4.69, 9.17) is 16.3 Å².